The molecule has 0 aliphatic heterocycles. The summed E-state index contributed by atoms with van der Waals surface area (Å²) >= 11 is 0. The van der Waals surface area contributed by atoms with Gasteiger partial charge in [0.05, 0.1) is 16.9 Å². The van der Waals surface area contributed by atoms with Crippen molar-refractivity contribution in [3.63, 3.8) is 0 Å². The maximum Gasteiger partial charge on any atom is 0.293 e. The van der Waals surface area contributed by atoms with Gasteiger partial charge in [-0.3, -0.25) is 14.9 Å². The normalized spacial score (nSPS) is 11.3. The third kappa shape index (κ3) is 4.66. The quantitative estimate of drug-likeness (QED) is 0.290. The number of nitrogens with zero attached hydrogens (tertiary/aromatic N) is 2. The zero-order valence-corrected chi connectivity index (χ0v) is 19.9. The number of benzene rings is 3. The van der Waals surface area contributed by atoms with Crippen LogP contribution in [0.4, 0.5) is 17.1 Å². The van der Waals surface area contributed by atoms with Crippen LogP contribution in [0.2, 0.25) is 0 Å². The van der Waals surface area contributed by atoms with Crippen molar-refractivity contribution in [1.29, 1.82) is 0 Å². The summed E-state index contributed by atoms with van der Waals surface area (Å²) in [6.07, 6.45) is 0. The van der Waals surface area contributed by atoms with Crippen LogP contribution in [-0.4, -0.2) is 30.9 Å². The molecule has 11 heteroatoms. The molecule has 0 bridgehead atoms. The van der Waals surface area contributed by atoms with Gasteiger partial charge in [0, 0.05) is 29.9 Å². The summed E-state index contributed by atoms with van der Waals surface area (Å²) in [5, 5.41) is 15.3. The van der Waals surface area contributed by atoms with Crippen LogP contribution in [-0.2, 0) is 17.1 Å². The van der Waals surface area contributed by atoms with E-state index in [2.05, 4.69) is 5.32 Å². The number of sulfonamides is 1. The van der Waals surface area contributed by atoms with Crippen molar-refractivity contribution in [2.75, 3.05) is 12.4 Å². The highest BCUT2D eigenvalue weighted by Gasteiger charge is 2.26. The van der Waals surface area contributed by atoms with Gasteiger partial charge >= 0.3 is 0 Å². The van der Waals surface area contributed by atoms with Crippen molar-refractivity contribution in [1.82, 2.24) is 9.29 Å². The number of hydrogen-bond acceptors (Lipinski definition) is 7. The molecule has 0 unspecified atom stereocenters. The summed E-state index contributed by atoms with van der Waals surface area (Å²) in [6.45, 7) is 1.94. The van der Waals surface area contributed by atoms with Crippen molar-refractivity contribution in [3.05, 3.63) is 88.1 Å². The van der Waals surface area contributed by atoms with E-state index in [9.17, 15) is 23.3 Å². The van der Waals surface area contributed by atoms with Gasteiger partial charge in [-0.05, 0) is 61.0 Å². The van der Waals surface area contributed by atoms with E-state index in [0.717, 1.165) is 11.3 Å². The summed E-state index contributed by atoms with van der Waals surface area (Å²) in [6, 6.07) is 17.4. The molecule has 0 aliphatic carbocycles. The molecule has 2 N–H and O–H groups in total. The third-order valence-corrected chi connectivity index (χ3v) is 6.84. The van der Waals surface area contributed by atoms with E-state index in [0.29, 0.717) is 16.8 Å². The molecule has 35 heavy (non-hydrogen) atoms. The molecule has 10 nitrogen and oxygen atoms in total. The zero-order valence-electron chi connectivity index (χ0n) is 19.1. The Hall–Kier alpha value is -4.38. The topological polar surface area (TPSA) is 133 Å². The number of nitro groups is 1. The molecular weight excluding hydrogens is 472 g/mol. The number of aryl methyl sites for hydroxylation is 2. The molecule has 1 aromatic heterocycles. The molecule has 0 fully saturated rings. The minimum Gasteiger partial charge on any atom is -0.497 e. The number of ether oxygens (including phenoxy) is 1. The molecular formula is C24H22N4O6S. The molecule has 0 atom stereocenters. The number of aromatic nitrogens is 1. The maximum atomic E-state index is 13.0. The first kappa shape index (κ1) is 23.8. The van der Waals surface area contributed by atoms with Crippen LogP contribution in [0.15, 0.2) is 71.6 Å². The number of nitrogens with one attached hydrogen (secondary N) is 2. The van der Waals surface area contributed by atoms with Gasteiger partial charge in [-0.2, -0.15) is 0 Å². The number of non-ortho nitro benzene ring substituents is 1. The number of rotatable bonds is 7. The van der Waals surface area contributed by atoms with Crippen molar-refractivity contribution < 1.29 is 22.9 Å². The van der Waals surface area contributed by atoms with Crippen molar-refractivity contribution >= 4 is 43.9 Å². The minimum atomic E-state index is -4.19. The Bertz CT molecular complexity index is 1560. The second-order valence-electron chi connectivity index (χ2n) is 7.84. The predicted molar refractivity (Wildman–Crippen MR) is 132 cm³/mol. The number of fused-ring (bicyclic) bond motifs is 1. The van der Waals surface area contributed by atoms with Gasteiger partial charge < -0.3 is 14.6 Å². The molecule has 0 spiro atoms. The Kier molecular flexibility index (Phi) is 6.18. The lowest BCUT2D eigenvalue weighted by molar-refractivity contribution is -0.383. The molecule has 180 valence electrons. The van der Waals surface area contributed by atoms with Crippen LogP contribution in [0.25, 0.3) is 10.9 Å². The Balaban J connectivity index is 1.75. The van der Waals surface area contributed by atoms with Crippen LogP contribution in [0.1, 0.15) is 16.1 Å². The molecule has 0 saturated heterocycles. The van der Waals surface area contributed by atoms with Crippen LogP contribution >= 0.6 is 0 Å². The number of carbonyl (C=O) groups is 1. The van der Waals surface area contributed by atoms with E-state index in [1.165, 1.54) is 55.1 Å². The van der Waals surface area contributed by atoms with Crippen LogP contribution in [0.5, 0.6) is 5.75 Å². The van der Waals surface area contributed by atoms with Gasteiger partial charge in [0.15, 0.2) is 0 Å². The monoisotopic (exact) mass is 494 g/mol. The number of anilines is 2. The summed E-state index contributed by atoms with van der Waals surface area (Å²) in [4.78, 5) is 24.0. The average molecular weight is 495 g/mol. The standard InChI is InChI=1S/C24H22N4O6S/c1-15-5-4-6-16(13-15)25-20-11-12-21(28(30)31)23-19(20)14-22(27(23)2)24(29)26-35(32,33)18-9-7-17(34-3)8-10-18/h4-14,25H,1-3H3,(H,26,29). The Labute approximate surface area is 201 Å². The third-order valence-electron chi connectivity index (χ3n) is 5.50. The molecule has 4 rings (SSSR count). The molecule has 1 amide bonds. The maximum absolute atomic E-state index is 13.0. The second-order valence-corrected chi connectivity index (χ2v) is 9.53. The largest absolute Gasteiger partial charge is 0.497 e. The molecule has 0 aliphatic rings. The van der Waals surface area contributed by atoms with E-state index in [-0.39, 0.29) is 21.8 Å². The van der Waals surface area contributed by atoms with E-state index >= 15 is 0 Å². The fourth-order valence-corrected chi connectivity index (χ4v) is 4.75. The van der Waals surface area contributed by atoms with Crippen molar-refractivity contribution in [3.8, 4) is 5.75 Å². The zero-order chi connectivity index (χ0) is 25.3. The fourth-order valence-electron chi connectivity index (χ4n) is 3.79. The first-order valence-electron chi connectivity index (χ1n) is 10.4. The van der Waals surface area contributed by atoms with Gasteiger partial charge in [-0.1, -0.05) is 12.1 Å². The first-order chi connectivity index (χ1) is 16.6. The number of nitro benzene ring substituents is 1. The van der Waals surface area contributed by atoms with Gasteiger partial charge in [0.1, 0.15) is 17.0 Å². The van der Waals surface area contributed by atoms with E-state index < -0.39 is 20.9 Å². The van der Waals surface area contributed by atoms with Gasteiger partial charge in [0.2, 0.25) is 0 Å². The minimum absolute atomic E-state index is 0.0568. The Morgan fingerprint density at radius 1 is 1.06 bits per heavy atom. The molecule has 3 aromatic carbocycles. The SMILES string of the molecule is COc1ccc(S(=O)(=O)NC(=O)c2cc3c(Nc4cccc(C)c4)ccc([N+](=O)[O-])c3n2C)cc1. The van der Waals surface area contributed by atoms with Gasteiger partial charge in [-0.25, -0.2) is 13.1 Å². The lowest BCUT2D eigenvalue weighted by Crippen LogP contribution is -2.31. The number of carbonyl (C=O) groups excluding carboxylic acids is 1. The lowest BCUT2D eigenvalue weighted by atomic mass is 10.1. The molecule has 4 aromatic rings. The van der Waals surface area contributed by atoms with Crippen molar-refractivity contribution in [2.45, 2.75) is 11.8 Å². The van der Waals surface area contributed by atoms with E-state index in [1.54, 1.807) is 6.07 Å². The highest BCUT2D eigenvalue weighted by Crippen LogP contribution is 2.35. The van der Waals surface area contributed by atoms with E-state index in [1.807, 2.05) is 35.9 Å². The van der Waals surface area contributed by atoms with Crippen LogP contribution in [0, 0.1) is 17.0 Å². The van der Waals surface area contributed by atoms with Crippen LogP contribution < -0.4 is 14.8 Å². The predicted octanol–water partition coefficient (Wildman–Crippen LogP) is 4.27. The highest BCUT2D eigenvalue weighted by molar-refractivity contribution is 7.90. The molecule has 0 radical (unpaired) electrons. The average Bonchev–Trinajstić information content (AvgIpc) is 3.17. The van der Waals surface area contributed by atoms with E-state index in [4.69, 9.17) is 4.74 Å². The molecule has 1 heterocycles. The fraction of sp³-hybridized carbons (Fsp3) is 0.125. The Morgan fingerprint density at radius 3 is 2.40 bits per heavy atom. The summed E-state index contributed by atoms with van der Waals surface area (Å²) in [7, 11) is -1.27. The number of amides is 1. The number of methoxy groups -OCH3 is 1. The van der Waals surface area contributed by atoms with Crippen molar-refractivity contribution in [2.24, 2.45) is 7.05 Å². The first-order valence-corrected chi connectivity index (χ1v) is 11.9. The molecule has 0 saturated carbocycles. The summed E-state index contributed by atoms with van der Waals surface area (Å²) in [5.74, 6) is -0.458. The Morgan fingerprint density at radius 2 is 1.77 bits per heavy atom. The van der Waals surface area contributed by atoms with Crippen LogP contribution in [0.3, 0.4) is 0 Å². The summed E-state index contributed by atoms with van der Waals surface area (Å²) < 4.78 is 33.9. The smallest absolute Gasteiger partial charge is 0.293 e. The summed E-state index contributed by atoms with van der Waals surface area (Å²) in [5.41, 5.74) is 2.22. The highest BCUT2D eigenvalue weighted by atomic mass is 32.2. The second kappa shape index (κ2) is 9.11. The van der Waals surface area contributed by atoms with Gasteiger partial charge in [-0.15, -0.1) is 0 Å². The van der Waals surface area contributed by atoms with Gasteiger partial charge in [0.25, 0.3) is 21.6 Å². The number of hydrogen-bond donors (Lipinski definition) is 2. The lowest BCUT2D eigenvalue weighted by Gasteiger charge is -2.10.